The third kappa shape index (κ3) is 5.59. The first kappa shape index (κ1) is 16.5. The van der Waals surface area contributed by atoms with Crippen LogP contribution < -0.4 is 5.32 Å². The molecule has 0 aliphatic rings. The Hall–Kier alpha value is -1.59. The van der Waals surface area contributed by atoms with Crippen LogP contribution in [0.3, 0.4) is 0 Å². The minimum Gasteiger partial charge on any atom is -0.395 e. The van der Waals surface area contributed by atoms with Gasteiger partial charge in [-0.3, -0.25) is 0 Å². The van der Waals surface area contributed by atoms with E-state index >= 15 is 0 Å². The molecule has 0 fully saturated rings. The Morgan fingerprint density at radius 3 is 2.30 bits per heavy atom. The summed E-state index contributed by atoms with van der Waals surface area (Å²) in [6.45, 7) is 4.25. The molecule has 1 aromatic carbocycles. The summed E-state index contributed by atoms with van der Waals surface area (Å²) < 4.78 is 0. The Bertz CT molecular complexity index is 404. The van der Waals surface area contributed by atoms with Crippen LogP contribution in [-0.4, -0.2) is 54.7 Å². The number of aliphatic hydroxyl groups is 1. The quantitative estimate of drug-likeness (QED) is 0.790. The van der Waals surface area contributed by atoms with E-state index in [-0.39, 0.29) is 12.6 Å². The molecule has 0 spiro atoms. The van der Waals surface area contributed by atoms with Crippen molar-refractivity contribution in [1.82, 2.24) is 15.1 Å². The summed E-state index contributed by atoms with van der Waals surface area (Å²) in [5.74, 6) is 0. The van der Waals surface area contributed by atoms with Crippen LogP contribution in [0.4, 0.5) is 4.79 Å². The maximum atomic E-state index is 11.8. The van der Waals surface area contributed by atoms with Crippen LogP contribution in [0.15, 0.2) is 24.3 Å². The van der Waals surface area contributed by atoms with Crippen molar-refractivity contribution in [3.8, 4) is 0 Å². The van der Waals surface area contributed by atoms with Crippen molar-refractivity contribution in [3.05, 3.63) is 35.4 Å². The first-order valence-electron chi connectivity index (χ1n) is 6.93. The maximum Gasteiger partial charge on any atom is 0.317 e. The molecule has 0 saturated carbocycles. The lowest BCUT2D eigenvalue weighted by Gasteiger charge is -2.20. The van der Waals surface area contributed by atoms with Crippen LogP contribution in [0.1, 0.15) is 18.1 Å². The molecule has 0 bridgehead atoms. The molecule has 2 amide bonds. The maximum absolute atomic E-state index is 11.8. The average Bonchev–Trinajstić information content (AvgIpc) is 2.43. The molecule has 0 saturated heterocycles. The van der Waals surface area contributed by atoms with Crippen LogP contribution in [0.2, 0.25) is 0 Å². The number of carbonyl (C=O) groups excluding carboxylic acids is 1. The molecule has 0 unspecified atom stereocenters. The van der Waals surface area contributed by atoms with Crippen molar-refractivity contribution in [2.24, 2.45) is 0 Å². The second kappa shape index (κ2) is 8.55. The third-order valence-electron chi connectivity index (χ3n) is 3.00. The fourth-order valence-electron chi connectivity index (χ4n) is 1.94. The van der Waals surface area contributed by atoms with Crippen LogP contribution in [0.25, 0.3) is 0 Å². The lowest BCUT2D eigenvalue weighted by atomic mass is 10.1. The average molecular weight is 279 g/mol. The number of hydrogen-bond donors (Lipinski definition) is 2. The van der Waals surface area contributed by atoms with Crippen molar-refractivity contribution in [3.63, 3.8) is 0 Å². The van der Waals surface area contributed by atoms with Gasteiger partial charge in [-0.2, -0.15) is 0 Å². The highest BCUT2D eigenvalue weighted by Gasteiger charge is 2.09. The molecule has 0 heterocycles. The van der Waals surface area contributed by atoms with Gasteiger partial charge in [-0.1, -0.05) is 24.3 Å². The first-order valence-corrected chi connectivity index (χ1v) is 6.93. The van der Waals surface area contributed by atoms with Gasteiger partial charge in [-0.25, -0.2) is 4.79 Å². The predicted molar refractivity (Wildman–Crippen MR) is 80.4 cm³/mol. The van der Waals surface area contributed by atoms with Gasteiger partial charge in [0.15, 0.2) is 0 Å². The summed E-state index contributed by atoms with van der Waals surface area (Å²) in [7, 11) is 4.07. The van der Waals surface area contributed by atoms with E-state index in [9.17, 15) is 4.79 Å². The number of hydrogen-bond acceptors (Lipinski definition) is 3. The lowest BCUT2D eigenvalue weighted by molar-refractivity contribution is 0.180. The minimum absolute atomic E-state index is 0.0134. The molecule has 20 heavy (non-hydrogen) atoms. The molecule has 5 nitrogen and oxygen atoms in total. The van der Waals surface area contributed by atoms with Gasteiger partial charge in [0, 0.05) is 26.2 Å². The van der Waals surface area contributed by atoms with E-state index in [0.29, 0.717) is 19.6 Å². The van der Waals surface area contributed by atoms with Gasteiger partial charge in [0.1, 0.15) is 0 Å². The minimum atomic E-state index is -0.140. The van der Waals surface area contributed by atoms with Gasteiger partial charge in [-0.15, -0.1) is 0 Å². The Labute approximate surface area is 121 Å². The number of carbonyl (C=O) groups is 1. The third-order valence-corrected chi connectivity index (χ3v) is 3.00. The highest BCUT2D eigenvalue weighted by Crippen LogP contribution is 2.06. The molecule has 1 rings (SSSR count). The number of aliphatic hydroxyl groups excluding tert-OH is 1. The fraction of sp³-hybridized carbons (Fsp3) is 0.533. The lowest BCUT2D eigenvalue weighted by Crippen LogP contribution is -2.41. The van der Waals surface area contributed by atoms with Crippen molar-refractivity contribution in [2.45, 2.75) is 20.0 Å². The summed E-state index contributed by atoms with van der Waals surface area (Å²) in [5.41, 5.74) is 2.32. The number of benzene rings is 1. The zero-order valence-electron chi connectivity index (χ0n) is 12.6. The zero-order chi connectivity index (χ0) is 15.0. The molecule has 1 aromatic rings. The smallest absolute Gasteiger partial charge is 0.317 e. The van der Waals surface area contributed by atoms with Crippen molar-refractivity contribution in [2.75, 3.05) is 33.8 Å². The van der Waals surface area contributed by atoms with Crippen molar-refractivity contribution >= 4 is 6.03 Å². The van der Waals surface area contributed by atoms with E-state index in [0.717, 1.165) is 12.1 Å². The number of nitrogens with zero attached hydrogens (tertiary/aromatic N) is 2. The summed E-state index contributed by atoms with van der Waals surface area (Å²) >= 11 is 0. The number of nitrogens with one attached hydrogen (secondary N) is 1. The van der Waals surface area contributed by atoms with Crippen LogP contribution in [0, 0.1) is 0 Å². The number of likely N-dealkylation sites (N-methyl/N-ethyl adjacent to an activating group) is 1. The Balaban J connectivity index is 2.47. The summed E-state index contributed by atoms with van der Waals surface area (Å²) in [6, 6.07) is 8.07. The zero-order valence-corrected chi connectivity index (χ0v) is 12.6. The summed E-state index contributed by atoms with van der Waals surface area (Å²) in [6.07, 6.45) is 0. The Morgan fingerprint density at radius 1 is 1.20 bits per heavy atom. The molecule has 0 radical (unpaired) electrons. The number of rotatable bonds is 7. The number of amides is 2. The predicted octanol–water partition coefficient (Wildman–Crippen LogP) is 1.27. The van der Waals surface area contributed by atoms with E-state index in [1.54, 1.807) is 4.90 Å². The molecule has 0 aliphatic carbocycles. The van der Waals surface area contributed by atoms with E-state index in [1.807, 2.05) is 33.2 Å². The van der Waals surface area contributed by atoms with E-state index in [2.05, 4.69) is 22.3 Å². The largest absolute Gasteiger partial charge is 0.395 e. The first-order chi connectivity index (χ1) is 9.56. The second-order valence-electron chi connectivity index (χ2n) is 5.02. The SMILES string of the molecule is CCN(CCO)C(=O)NCc1ccc(CN(C)C)cc1. The highest BCUT2D eigenvalue weighted by molar-refractivity contribution is 5.74. The Kier molecular flexibility index (Phi) is 7.04. The van der Waals surface area contributed by atoms with E-state index < -0.39 is 0 Å². The van der Waals surface area contributed by atoms with Gasteiger partial charge >= 0.3 is 6.03 Å². The summed E-state index contributed by atoms with van der Waals surface area (Å²) in [4.78, 5) is 15.5. The topological polar surface area (TPSA) is 55.8 Å². The molecule has 2 N–H and O–H groups in total. The van der Waals surface area contributed by atoms with Gasteiger partial charge in [0.2, 0.25) is 0 Å². The molecular weight excluding hydrogens is 254 g/mol. The molecule has 0 atom stereocenters. The van der Waals surface area contributed by atoms with Gasteiger partial charge in [-0.05, 0) is 32.1 Å². The fourth-order valence-corrected chi connectivity index (χ4v) is 1.94. The van der Waals surface area contributed by atoms with Gasteiger partial charge < -0.3 is 20.2 Å². The van der Waals surface area contributed by atoms with Gasteiger partial charge in [0.25, 0.3) is 0 Å². The van der Waals surface area contributed by atoms with E-state index in [1.165, 1.54) is 5.56 Å². The van der Waals surface area contributed by atoms with Crippen LogP contribution >= 0.6 is 0 Å². The van der Waals surface area contributed by atoms with Crippen LogP contribution in [0.5, 0.6) is 0 Å². The number of urea groups is 1. The standard InChI is InChI=1S/C15H25N3O2/c1-4-18(9-10-19)15(20)16-11-13-5-7-14(8-6-13)12-17(2)3/h5-8,19H,4,9-12H2,1-3H3,(H,16,20). The van der Waals surface area contributed by atoms with E-state index in [4.69, 9.17) is 5.11 Å². The Morgan fingerprint density at radius 2 is 1.80 bits per heavy atom. The van der Waals surface area contributed by atoms with Crippen molar-refractivity contribution < 1.29 is 9.90 Å². The van der Waals surface area contributed by atoms with Crippen molar-refractivity contribution in [1.29, 1.82) is 0 Å². The molecule has 5 heteroatoms. The van der Waals surface area contributed by atoms with Gasteiger partial charge in [0.05, 0.1) is 6.61 Å². The molecule has 0 aliphatic heterocycles. The molecule has 112 valence electrons. The normalized spacial score (nSPS) is 10.7. The van der Waals surface area contributed by atoms with Crippen LogP contribution in [-0.2, 0) is 13.1 Å². The highest BCUT2D eigenvalue weighted by atomic mass is 16.3. The second-order valence-corrected chi connectivity index (χ2v) is 5.02. The molecule has 0 aromatic heterocycles. The monoisotopic (exact) mass is 279 g/mol. The molecular formula is C15H25N3O2. The summed E-state index contributed by atoms with van der Waals surface area (Å²) in [5, 5.41) is 11.7.